The summed E-state index contributed by atoms with van der Waals surface area (Å²) in [6.07, 6.45) is 59.7. The van der Waals surface area contributed by atoms with E-state index in [9.17, 15) is 43.2 Å². The number of hydrogen-bond acceptors (Lipinski definition) is 15. The van der Waals surface area contributed by atoms with Gasteiger partial charge in [0.15, 0.2) is 12.2 Å². The van der Waals surface area contributed by atoms with Crippen molar-refractivity contribution in [3.8, 4) is 0 Å². The van der Waals surface area contributed by atoms with E-state index >= 15 is 0 Å². The van der Waals surface area contributed by atoms with E-state index in [0.717, 1.165) is 102 Å². The fourth-order valence-corrected chi connectivity index (χ4v) is 13.4. The average molecular weight is 1410 g/mol. The summed E-state index contributed by atoms with van der Waals surface area (Å²) in [7, 11) is -9.91. The van der Waals surface area contributed by atoms with E-state index in [0.29, 0.717) is 25.7 Å². The zero-order valence-electron chi connectivity index (χ0n) is 62.5. The van der Waals surface area contributed by atoms with Crippen molar-refractivity contribution < 1.29 is 80.2 Å². The molecule has 0 amide bonds. The lowest BCUT2D eigenvalue weighted by molar-refractivity contribution is -0.161. The van der Waals surface area contributed by atoms with Crippen LogP contribution in [-0.4, -0.2) is 96.7 Å². The maximum atomic E-state index is 13.1. The SMILES string of the molecule is CCCCCCCCCCCCCCCCCCCCCC(=O)O[C@H](COC(=O)CCCCCCCCCCCCCCCCC(C)CC)COP(=O)(O)OC[C@@H](O)COP(=O)(O)OC[C@@H](COC(=O)CCCCCCCCCC)OC(=O)CCCCCCCCCCCCC. The minimum atomic E-state index is -4.96. The molecule has 3 unspecified atom stereocenters. The van der Waals surface area contributed by atoms with Gasteiger partial charge in [-0.05, 0) is 31.6 Å². The van der Waals surface area contributed by atoms with Gasteiger partial charge in [-0.2, -0.15) is 0 Å². The van der Waals surface area contributed by atoms with Crippen LogP contribution < -0.4 is 0 Å². The fraction of sp³-hybridized carbons (Fsp3) is 0.948. The van der Waals surface area contributed by atoms with Crippen LogP contribution in [0.3, 0.4) is 0 Å². The molecular weight excluding hydrogens is 1260 g/mol. The van der Waals surface area contributed by atoms with Crippen molar-refractivity contribution in [3.05, 3.63) is 0 Å². The van der Waals surface area contributed by atoms with Crippen molar-refractivity contribution in [2.45, 2.75) is 425 Å². The molecule has 0 heterocycles. The zero-order chi connectivity index (χ0) is 70.5. The van der Waals surface area contributed by atoms with E-state index in [1.54, 1.807) is 0 Å². The summed E-state index contributed by atoms with van der Waals surface area (Å²) in [4.78, 5) is 72.7. The smallest absolute Gasteiger partial charge is 0.462 e. The number of rotatable bonds is 77. The van der Waals surface area contributed by atoms with Crippen molar-refractivity contribution in [2.75, 3.05) is 39.6 Å². The highest BCUT2D eigenvalue weighted by atomic mass is 31.2. The van der Waals surface area contributed by atoms with Gasteiger partial charge in [0.1, 0.15) is 19.3 Å². The molecule has 0 fully saturated rings. The van der Waals surface area contributed by atoms with Crippen LogP contribution in [0.25, 0.3) is 0 Å². The average Bonchev–Trinajstić information content (AvgIpc) is 1.54. The number of aliphatic hydroxyl groups is 1. The summed E-state index contributed by atoms with van der Waals surface area (Å²) in [5, 5.41) is 10.6. The molecule has 0 saturated carbocycles. The molecule has 0 saturated heterocycles. The van der Waals surface area contributed by atoms with Crippen molar-refractivity contribution >= 4 is 39.5 Å². The van der Waals surface area contributed by atoms with Crippen LogP contribution in [0.1, 0.15) is 407 Å². The van der Waals surface area contributed by atoms with Crippen molar-refractivity contribution in [2.24, 2.45) is 5.92 Å². The minimum Gasteiger partial charge on any atom is -0.462 e. The lowest BCUT2D eigenvalue weighted by atomic mass is 9.99. The number of unbranched alkanes of at least 4 members (excludes halogenated alkanes) is 48. The predicted molar refractivity (Wildman–Crippen MR) is 391 cm³/mol. The van der Waals surface area contributed by atoms with Crippen molar-refractivity contribution in [1.29, 1.82) is 0 Å². The molecule has 0 rings (SSSR count). The van der Waals surface area contributed by atoms with Gasteiger partial charge in [0.25, 0.3) is 0 Å². The normalized spacial score (nSPS) is 14.2. The van der Waals surface area contributed by atoms with E-state index in [2.05, 4.69) is 34.6 Å². The Hall–Kier alpha value is -1.94. The highest BCUT2D eigenvalue weighted by Crippen LogP contribution is 2.45. The summed E-state index contributed by atoms with van der Waals surface area (Å²) in [5.41, 5.74) is 0. The monoisotopic (exact) mass is 1410 g/mol. The van der Waals surface area contributed by atoms with E-state index in [1.807, 2.05) is 0 Å². The number of carbonyl (C=O) groups is 4. The van der Waals surface area contributed by atoms with Gasteiger partial charge in [0, 0.05) is 25.7 Å². The Morgan fingerprint density at radius 3 is 0.740 bits per heavy atom. The number of phosphoric ester groups is 2. The Bertz CT molecular complexity index is 1840. The van der Waals surface area contributed by atoms with Gasteiger partial charge in [-0.3, -0.25) is 37.3 Å². The summed E-state index contributed by atoms with van der Waals surface area (Å²) in [5.74, 6) is -1.26. The molecular formula is C77H150O17P2. The number of esters is 4. The van der Waals surface area contributed by atoms with Gasteiger partial charge in [0.2, 0.25) is 0 Å². The highest BCUT2D eigenvalue weighted by molar-refractivity contribution is 7.47. The molecule has 0 aromatic heterocycles. The number of hydrogen-bond donors (Lipinski definition) is 3. The third kappa shape index (κ3) is 69.2. The quantitative estimate of drug-likeness (QED) is 0.0222. The Kier molecular flexibility index (Phi) is 68.7. The Labute approximate surface area is 588 Å². The second kappa shape index (κ2) is 70.1. The van der Waals surface area contributed by atoms with Crippen LogP contribution in [0, 0.1) is 5.92 Å². The molecule has 0 radical (unpaired) electrons. The summed E-state index contributed by atoms with van der Waals surface area (Å²) in [6, 6.07) is 0. The third-order valence-corrected chi connectivity index (χ3v) is 20.3. The van der Waals surface area contributed by atoms with E-state index in [4.69, 9.17) is 37.0 Å². The molecule has 17 nitrogen and oxygen atoms in total. The molecule has 0 aliphatic carbocycles. The number of carbonyl (C=O) groups excluding carboxylic acids is 4. The maximum absolute atomic E-state index is 13.1. The van der Waals surface area contributed by atoms with Crippen molar-refractivity contribution in [3.63, 3.8) is 0 Å². The van der Waals surface area contributed by atoms with Gasteiger partial charge < -0.3 is 33.8 Å². The second-order valence-corrected chi connectivity index (χ2v) is 30.9. The molecule has 0 bridgehead atoms. The summed E-state index contributed by atoms with van der Waals surface area (Å²) < 4.78 is 68.5. The van der Waals surface area contributed by atoms with Crippen LogP contribution in [-0.2, 0) is 65.4 Å². The molecule has 570 valence electrons. The summed E-state index contributed by atoms with van der Waals surface area (Å²) >= 11 is 0. The van der Waals surface area contributed by atoms with Gasteiger partial charge in [0.05, 0.1) is 26.4 Å². The first kappa shape index (κ1) is 94.1. The molecule has 6 atom stereocenters. The molecule has 0 aliphatic rings. The number of ether oxygens (including phenoxy) is 4. The maximum Gasteiger partial charge on any atom is 0.472 e. The minimum absolute atomic E-state index is 0.107. The first-order valence-corrected chi connectivity index (χ1v) is 43.2. The Morgan fingerprint density at radius 1 is 0.292 bits per heavy atom. The van der Waals surface area contributed by atoms with Gasteiger partial charge >= 0.3 is 39.5 Å². The zero-order valence-corrected chi connectivity index (χ0v) is 64.3. The first-order valence-electron chi connectivity index (χ1n) is 40.2. The van der Waals surface area contributed by atoms with E-state index < -0.39 is 97.5 Å². The fourth-order valence-electron chi connectivity index (χ4n) is 11.8. The lowest BCUT2D eigenvalue weighted by Gasteiger charge is -2.21. The largest absolute Gasteiger partial charge is 0.472 e. The van der Waals surface area contributed by atoms with Crippen LogP contribution in [0.15, 0.2) is 0 Å². The molecule has 0 aliphatic heterocycles. The molecule has 19 heteroatoms. The van der Waals surface area contributed by atoms with Crippen molar-refractivity contribution in [1.82, 2.24) is 0 Å². The number of aliphatic hydroxyl groups excluding tert-OH is 1. The Balaban J connectivity index is 5.19. The molecule has 96 heavy (non-hydrogen) atoms. The van der Waals surface area contributed by atoms with Crippen LogP contribution in [0.5, 0.6) is 0 Å². The van der Waals surface area contributed by atoms with Gasteiger partial charge in [-0.1, -0.05) is 356 Å². The van der Waals surface area contributed by atoms with Crippen LogP contribution in [0.2, 0.25) is 0 Å². The van der Waals surface area contributed by atoms with Crippen LogP contribution in [0.4, 0.5) is 0 Å². The molecule has 0 spiro atoms. The highest BCUT2D eigenvalue weighted by Gasteiger charge is 2.30. The Morgan fingerprint density at radius 2 is 0.500 bits per heavy atom. The summed E-state index contributed by atoms with van der Waals surface area (Å²) in [6.45, 7) is 7.33. The van der Waals surface area contributed by atoms with E-state index in [1.165, 1.54) is 225 Å². The molecule has 3 N–H and O–H groups in total. The third-order valence-electron chi connectivity index (χ3n) is 18.4. The van der Waals surface area contributed by atoms with E-state index in [-0.39, 0.29) is 25.7 Å². The van der Waals surface area contributed by atoms with Gasteiger partial charge in [-0.25, -0.2) is 9.13 Å². The number of phosphoric acid groups is 2. The van der Waals surface area contributed by atoms with Gasteiger partial charge in [-0.15, -0.1) is 0 Å². The topological polar surface area (TPSA) is 237 Å². The molecule has 0 aromatic carbocycles. The first-order chi connectivity index (χ1) is 46.6. The predicted octanol–water partition coefficient (Wildman–Crippen LogP) is 22.9. The van der Waals surface area contributed by atoms with Crippen LogP contribution >= 0.6 is 15.6 Å². The second-order valence-electron chi connectivity index (χ2n) is 28.0. The standard InChI is InChI=1S/C77H150O17P2/c1-6-10-13-16-19-22-24-25-26-27-28-29-30-35-39-43-48-53-58-63-77(82)94-73(67-88-75(80)61-56-51-46-41-38-34-32-31-33-37-40-44-49-54-59-70(5)9-4)69-92-96(85,86)90-65-71(78)64-89-95(83,84)91-68-72(66-87-74(79)60-55-50-45-21-18-15-12-8-3)93-76(81)62-57-52-47-42-36-23-20-17-14-11-7-2/h70-73,78H,6-69H2,1-5H3,(H,83,84)(H,85,86)/t70?,71-,72+,73+/m0/s1. The molecule has 0 aromatic rings. The lowest BCUT2D eigenvalue weighted by Crippen LogP contribution is -2.30.